The molecule has 0 aromatic heterocycles. The summed E-state index contributed by atoms with van der Waals surface area (Å²) in [6, 6.07) is 8.32. The molecule has 1 aromatic rings. The number of aliphatic hydroxyl groups excluding tert-OH is 1. The zero-order valence-corrected chi connectivity index (χ0v) is 14.7. The van der Waals surface area contributed by atoms with Gasteiger partial charge >= 0.3 is 0 Å². The SMILES string of the molecule is Cc1cc(C(O)C2(C#N)CCC(C(C)C)CC2)ccc1Br. The quantitative estimate of drug-likeness (QED) is 0.820. The van der Waals surface area contributed by atoms with Crippen LogP contribution in [0.15, 0.2) is 22.7 Å². The average Bonchev–Trinajstić information content (AvgIpc) is 2.49. The van der Waals surface area contributed by atoms with E-state index in [4.69, 9.17) is 0 Å². The molecule has 0 heterocycles. The molecule has 0 amide bonds. The van der Waals surface area contributed by atoms with Crippen molar-refractivity contribution in [3.63, 3.8) is 0 Å². The number of nitrogens with zero attached hydrogens (tertiary/aromatic N) is 1. The van der Waals surface area contributed by atoms with Crippen molar-refractivity contribution in [3.05, 3.63) is 33.8 Å². The molecule has 0 radical (unpaired) electrons. The van der Waals surface area contributed by atoms with E-state index in [1.807, 2.05) is 25.1 Å². The molecule has 1 N–H and O–H groups in total. The minimum absolute atomic E-state index is 0.619. The fourth-order valence-electron chi connectivity index (χ4n) is 3.43. The van der Waals surface area contributed by atoms with Crippen molar-refractivity contribution in [2.75, 3.05) is 0 Å². The Morgan fingerprint density at radius 1 is 1.33 bits per heavy atom. The smallest absolute Gasteiger partial charge is 0.0976 e. The van der Waals surface area contributed by atoms with E-state index in [0.29, 0.717) is 11.8 Å². The first-order valence-electron chi connectivity index (χ1n) is 7.75. The third-order valence-electron chi connectivity index (χ3n) is 5.11. The Labute approximate surface area is 136 Å². The normalized spacial score (nSPS) is 27.4. The van der Waals surface area contributed by atoms with Gasteiger partial charge in [-0.3, -0.25) is 0 Å². The van der Waals surface area contributed by atoms with E-state index in [0.717, 1.165) is 41.3 Å². The number of hydrogen-bond acceptors (Lipinski definition) is 2. The lowest BCUT2D eigenvalue weighted by atomic mass is 9.65. The van der Waals surface area contributed by atoms with Gasteiger partial charge in [-0.1, -0.05) is 41.9 Å². The maximum atomic E-state index is 10.8. The highest BCUT2D eigenvalue weighted by Gasteiger charge is 2.42. The maximum absolute atomic E-state index is 10.8. The molecule has 0 saturated heterocycles. The molecule has 0 spiro atoms. The van der Waals surface area contributed by atoms with Gasteiger partial charge in [-0.25, -0.2) is 0 Å². The molecular formula is C18H24BrNO. The number of hydrogen-bond donors (Lipinski definition) is 1. The fraction of sp³-hybridized carbons (Fsp3) is 0.611. The van der Waals surface area contributed by atoms with E-state index in [2.05, 4.69) is 35.8 Å². The molecule has 114 valence electrons. The van der Waals surface area contributed by atoms with Crippen LogP contribution in [-0.4, -0.2) is 5.11 Å². The van der Waals surface area contributed by atoms with Crippen LogP contribution in [0.4, 0.5) is 0 Å². The molecule has 1 atom stereocenters. The molecule has 2 nitrogen and oxygen atoms in total. The summed E-state index contributed by atoms with van der Waals surface area (Å²) < 4.78 is 1.04. The average molecular weight is 350 g/mol. The number of halogens is 1. The predicted octanol–water partition coefficient (Wildman–Crippen LogP) is 5.15. The van der Waals surface area contributed by atoms with Gasteiger partial charge in [0, 0.05) is 4.47 Å². The van der Waals surface area contributed by atoms with Gasteiger partial charge in [0.05, 0.1) is 17.6 Å². The summed E-state index contributed by atoms with van der Waals surface area (Å²) in [5.74, 6) is 1.35. The van der Waals surface area contributed by atoms with Gasteiger partial charge in [0.2, 0.25) is 0 Å². The van der Waals surface area contributed by atoms with Crippen molar-refractivity contribution < 1.29 is 5.11 Å². The second kappa shape index (κ2) is 6.50. The number of aliphatic hydroxyl groups is 1. The first kappa shape index (κ1) is 16.5. The van der Waals surface area contributed by atoms with E-state index in [1.54, 1.807) is 0 Å². The minimum Gasteiger partial charge on any atom is -0.387 e. The molecule has 3 heteroatoms. The van der Waals surface area contributed by atoms with Gasteiger partial charge in [0.1, 0.15) is 0 Å². The molecule has 2 rings (SSSR count). The Morgan fingerprint density at radius 2 is 1.95 bits per heavy atom. The maximum Gasteiger partial charge on any atom is 0.0976 e. The molecule has 1 aliphatic carbocycles. The highest BCUT2D eigenvalue weighted by molar-refractivity contribution is 9.10. The van der Waals surface area contributed by atoms with Crippen LogP contribution in [0.3, 0.4) is 0 Å². The Hall–Kier alpha value is -0.850. The van der Waals surface area contributed by atoms with Crippen LogP contribution in [0.1, 0.15) is 56.8 Å². The largest absolute Gasteiger partial charge is 0.387 e. The number of aryl methyl sites for hydroxylation is 1. The Balaban J connectivity index is 2.21. The van der Waals surface area contributed by atoms with Crippen LogP contribution >= 0.6 is 15.9 Å². The van der Waals surface area contributed by atoms with Gasteiger partial charge in [0.15, 0.2) is 0 Å². The molecule has 1 unspecified atom stereocenters. The summed E-state index contributed by atoms with van der Waals surface area (Å²) in [6.07, 6.45) is 2.98. The molecule has 1 fully saturated rings. The van der Waals surface area contributed by atoms with Crippen LogP contribution in [0.25, 0.3) is 0 Å². The third-order valence-corrected chi connectivity index (χ3v) is 6.00. The summed E-state index contributed by atoms with van der Waals surface area (Å²) >= 11 is 3.48. The molecule has 0 aliphatic heterocycles. The summed E-state index contributed by atoms with van der Waals surface area (Å²) in [5, 5.41) is 20.5. The van der Waals surface area contributed by atoms with Gasteiger partial charge in [0.25, 0.3) is 0 Å². The predicted molar refractivity (Wildman–Crippen MR) is 88.7 cm³/mol. The lowest BCUT2D eigenvalue weighted by Crippen LogP contribution is -2.33. The van der Waals surface area contributed by atoms with Gasteiger partial charge < -0.3 is 5.11 Å². The van der Waals surface area contributed by atoms with Crippen molar-refractivity contribution in [3.8, 4) is 6.07 Å². The standard InChI is InChI=1S/C18H24BrNO/c1-12(2)14-6-8-18(11-20,9-7-14)17(21)15-4-5-16(19)13(3)10-15/h4-5,10,12,14,17,21H,6-9H2,1-3H3. The van der Waals surface area contributed by atoms with Crippen LogP contribution in [0.2, 0.25) is 0 Å². The van der Waals surface area contributed by atoms with E-state index in [9.17, 15) is 10.4 Å². The molecular weight excluding hydrogens is 326 g/mol. The van der Waals surface area contributed by atoms with Gasteiger partial charge in [-0.15, -0.1) is 0 Å². The second-order valence-electron chi connectivity index (χ2n) is 6.76. The lowest BCUT2D eigenvalue weighted by molar-refractivity contribution is 0.0190. The van der Waals surface area contributed by atoms with E-state index in [-0.39, 0.29) is 0 Å². The summed E-state index contributed by atoms with van der Waals surface area (Å²) in [5.41, 5.74) is 1.34. The zero-order chi connectivity index (χ0) is 15.6. The van der Waals surface area contributed by atoms with Crippen LogP contribution in [0, 0.1) is 35.5 Å². The minimum atomic E-state index is -0.692. The summed E-state index contributed by atoms with van der Waals surface area (Å²) in [4.78, 5) is 0. The van der Waals surface area contributed by atoms with Crippen molar-refractivity contribution >= 4 is 15.9 Å². The molecule has 1 aliphatic rings. The monoisotopic (exact) mass is 349 g/mol. The van der Waals surface area contributed by atoms with Gasteiger partial charge in [-0.2, -0.15) is 5.26 Å². The van der Waals surface area contributed by atoms with Crippen molar-refractivity contribution in [1.29, 1.82) is 5.26 Å². The Bertz CT molecular complexity index is 539. The van der Waals surface area contributed by atoms with Crippen LogP contribution in [-0.2, 0) is 0 Å². The number of benzene rings is 1. The van der Waals surface area contributed by atoms with Crippen molar-refractivity contribution in [2.24, 2.45) is 17.3 Å². The van der Waals surface area contributed by atoms with Gasteiger partial charge in [-0.05, 0) is 61.6 Å². The first-order chi connectivity index (χ1) is 9.89. The molecule has 1 saturated carbocycles. The molecule has 1 aromatic carbocycles. The Morgan fingerprint density at radius 3 is 2.43 bits per heavy atom. The summed E-state index contributed by atoms with van der Waals surface area (Å²) in [6.45, 7) is 6.51. The summed E-state index contributed by atoms with van der Waals surface area (Å²) in [7, 11) is 0. The topological polar surface area (TPSA) is 44.0 Å². The van der Waals surface area contributed by atoms with Crippen molar-refractivity contribution in [1.82, 2.24) is 0 Å². The second-order valence-corrected chi connectivity index (χ2v) is 7.61. The van der Waals surface area contributed by atoms with E-state index < -0.39 is 11.5 Å². The zero-order valence-electron chi connectivity index (χ0n) is 13.1. The molecule has 21 heavy (non-hydrogen) atoms. The van der Waals surface area contributed by atoms with Crippen LogP contribution < -0.4 is 0 Å². The lowest BCUT2D eigenvalue weighted by Gasteiger charge is -2.39. The highest BCUT2D eigenvalue weighted by atomic mass is 79.9. The number of rotatable bonds is 3. The third kappa shape index (κ3) is 3.33. The first-order valence-corrected chi connectivity index (χ1v) is 8.54. The molecule has 0 bridgehead atoms. The highest BCUT2D eigenvalue weighted by Crippen LogP contribution is 2.48. The fourth-order valence-corrected chi connectivity index (χ4v) is 3.67. The van der Waals surface area contributed by atoms with Crippen molar-refractivity contribution in [2.45, 2.75) is 52.6 Å². The van der Waals surface area contributed by atoms with Crippen LogP contribution in [0.5, 0.6) is 0 Å². The van der Waals surface area contributed by atoms with E-state index >= 15 is 0 Å². The Kier molecular flexibility index (Phi) is 5.11. The number of nitriles is 1. The van der Waals surface area contributed by atoms with E-state index in [1.165, 1.54) is 0 Å².